The molecule has 40 heavy (non-hydrogen) atoms. The van der Waals surface area contributed by atoms with Crippen molar-refractivity contribution in [2.45, 2.75) is 44.4 Å². The second-order valence-electron chi connectivity index (χ2n) is 9.46. The third-order valence-electron chi connectivity index (χ3n) is 6.77. The van der Waals surface area contributed by atoms with Crippen LogP contribution in [0.15, 0.2) is 89.0 Å². The predicted molar refractivity (Wildman–Crippen MR) is 157 cm³/mol. The van der Waals surface area contributed by atoms with Gasteiger partial charge in [-0.3, -0.25) is 9.59 Å². The molecule has 3 aromatic carbocycles. The number of amidine groups is 1. The van der Waals surface area contributed by atoms with Crippen LogP contribution in [-0.4, -0.2) is 45.5 Å². The maximum Gasteiger partial charge on any atom is 0.338 e. The van der Waals surface area contributed by atoms with Gasteiger partial charge in [0.25, 0.3) is 5.91 Å². The number of amides is 2. The number of anilines is 1. The molecule has 2 heterocycles. The zero-order chi connectivity index (χ0) is 28.1. The van der Waals surface area contributed by atoms with Crippen molar-refractivity contribution >= 4 is 46.1 Å². The standard InChI is InChI=1S/C31H30N4O4S/c1-3-20-10-12-22(13-11-20)26-18-25(21-8-6-5-7-9-21)34-35(26)31-33-29(37)27(40-31)19-28(36)32-24-16-14-23(15-17-24)30(38)39-4-2/h5-17,26-27H,3-4,18-19H2,1-2H3,(H,32,36)/t26-,27-/m0/s1. The Morgan fingerprint density at radius 3 is 2.40 bits per heavy atom. The quantitative estimate of drug-likeness (QED) is 0.364. The Morgan fingerprint density at radius 2 is 1.73 bits per heavy atom. The van der Waals surface area contributed by atoms with Gasteiger partial charge in [0.05, 0.1) is 23.9 Å². The molecule has 0 radical (unpaired) electrons. The zero-order valence-corrected chi connectivity index (χ0v) is 23.2. The Kier molecular flexibility index (Phi) is 8.40. The summed E-state index contributed by atoms with van der Waals surface area (Å²) in [6.45, 7) is 4.15. The highest BCUT2D eigenvalue weighted by Crippen LogP contribution is 2.38. The van der Waals surface area contributed by atoms with Crippen molar-refractivity contribution in [3.8, 4) is 0 Å². The van der Waals surface area contributed by atoms with Crippen LogP contribution in [0.5, 0.6) is 0 Å². The summed E-state index contributed by atoms with van der Waals surface area (Å²) in [7, 11) is 0. The van der Waals surface area contributed by atoms with E-state index in [0.29, 0.717) is 22.8 Å². The van der Waals surface area contributed by atoms with E-state index >= 15 is 0 Å². The average molecular weight is 555 g/mol. The Hall–Kier alpha value is -4.24. The third kappa shape index (κ3) is 6.15. The number of carbonyl (C=O) groups is 3. The van der Waals surface area contributed by atoms with Crippen molar-refractivity contribution in [3.63, 3.8) is 0 Å². The van der Waals surface area contributed by atoms with Gasteiger partial charge in [-0.1, -0.05) is 73.3 Å². The van der Waals surface area contributed by atoms with Gasteiger partial charge in [-0.25, -0.2) is 9.80 Å². The van der Waals surface area contributed by atoms with Gasteiger partial charge in [0.1, 0.15) is 5.25 Å². The van der Waals surface area contributed by atoms with Crippen LogP contribution in [-0.2, 0) is 20.7 Å². The smallest absolute Gasteiger partial charge is 0.338 e. The molecule has 0 aliphatic carbocycles. The van der Waals surface area contributed by atoms with Gasteiger partial charge in [-0.05, 0) is 54.3 Å². The zero-order valence-electron chi connectivity index (χ0n) is 22.4. The molecule has 8 nitrogen and oxygen atoms in total. The minimum absolute atomic E-state index is 0.0327. The fraction of sp³-hybridized carbons (Fsp3) is 0.258. The molecule has 2 atom stereocenters. The van der Waals surface area contributed by atoms with Crippen LogP contribution < -0.4 is 5.32 Å². The van der Waals surface area contributed by atoms with Gasteiger partial charge in [0, 0.05) is 18.5 Å². The fourth-order valence-corrected chi connectivity index (χ4v) is 5.68. The summed E-state index contributed by atoms with van der Waals surface area (Å²) in [5.74, 6) is -1.08. The Morgan fingerprint density at radius 1 is 1.00 bits per heavy atom. The number of carbonyl (C=O) groups excluding carboxylic acids is 3. The first-order valence-corrected chi connectivity index (χ1v) is 14.2. The van der Waals surface area contributed by atoms with Gasteiger partial charge in [-0.15, -0.1) is 0 Å². The normalized spacial score (nSPS) is 18.4. The summed E-state index contributed by atoms with van der Waals surface area (Å²) >= 11 is 1.27. The molecule has 0 saturated heterocycles. The second-order valence-corrected chi connectivity index (χ2v) is 10.6. The van der Waals surface area contributed by atoms with Crippen molar-refractivity contribution in [2.75, 3.05) is 11.9 Å². The lowest BCUT2D eigenvalue weighted by atomic mass is 9.97. The van der Waals surface area contributed by atoms with E-state index in [1.807, 2.05) is 35.3 Å². The molecule has 2 aliphatic heterocycles. The first kappa shape index (κ1) is 27.3. The maximum absolute atomic E-state index is 12.9. The number of rotatable bonds is 8. The van der Waals surface area contributed by atoms with Gasteiger partial charge >= 0.3 is 5.97 Å². The second kappa shape index (κ2) is 12.3. The van der Waals surface area contributed by atoms with E-state index in [-0.39, 0.29) is 30.9 Å². The summed E-state index contributed by atoms with van der Waals surface area (Å²) in [6.07, 6.45) is 1.60. The van der Waals surface area contributed by atoms with Crippen LogP contribution in [0.3, 0.4) is 0 Å². The summed E-state index contributed by atoms with van der Waals surface area (Å²) in [5.41, 5.74) is 5.23. The highest BCUT2D eigenvalue weighted by atomic mass is 32.2. The number of hydrogen-bond donors (Lipinski definition) is 1. The van der Waals surface area contributed by atoms with Gasteiger partial charge in [0.15, 0.2) is 5.17 Å². The number of nitrogens with one attached hydrogen (secondary N) is 1. The van der Waals surface area contributed by atoms with Crippen LogP contribution in [0.25, 0.3) is 0 Å². The Bertz CT molecular complexity index is 1450. The van der Waals surface area contributed by atoms with E-state index in [1.165, 1.54) is 17.3 Å². The highest BCUT2D eigenvalue weighted by molar-refractivity contribution is 8.15. The summed E-state index contributed by atoms with van der Waals surface area (Å²) in [4.78, 5) is 41.8. The van der Waals surface area contributed by atoms with Gasteiger partial charge in [0.2, 0.25) is 5.91 Å². The van der Waals surface area contributed by atoms with E-state index in [4.69, 9.17) is 9.84 Å². The Labute approximate surface area is 237 Å². The molecule has 0 unspecified atom stereocenters. The lowest BCUT2D eigenvalue weighted by Gasteiger charge is -2.23. The van der Waals surface area contributed by atoms with Crippen molar-refractivity contribution in [3.05, 3.63) is 101 Å². The van der Waals surface area contributed by atoms with Crippen LogP contribution in [0.1, 0.15) is 59.8 Å². The van der Waals surface area contributed by atoms with Crippen LogP contribution >= 0.6 is 11.8 Å². The van der Waals surface area contributed by atoms with Crippen LogP contribution in [0.2, 0.25) is 0 Å². The largest absolute Gasteiger partial charge is 0.462 e. The lowest BCUT2D eigenvalue weighted by Crippen LogP contribution is -2.25. The fourth-order valence-electron chi connectivity index (χ4n) is 4.62. The maximum atomic E-state index is 12.9. The minimum atomic E-state index is -0.645. The number of esters is 1. The third-order valence-corrected chi connectivity index (χ3v) is 7.91. The van der Waals surface area contributed by atoms with Crippen molar-refractivity contribution in [2.24, 2.45) is 10.1 Å². The predicted octanol–water partition coefficient (Wildman–Crippen LogP) is 5.60. The monoisotopic (exact) mass is 554 g/mol. The molecule has 2 aliphatic rings. The number of aryl methyl sites for hydroxylation is 1. The summed E-state index contributed by atoms with van der Waals surface area (Å²) < 4.78 is 4.99. The minimum Gasteiger partial charge on any atom is -0.462 e. The lowest BCUT2D eigenvalue weighted by molar-refractivity contribution is -0.121. The average Bonchev–Trinajstić information content (AvgIpc) is 3.58. The van der Waals surface area contributed by atoms with Gasteiger partial charge in [-0.2, -0.15) is 10.1 Å². The molecule has 3 aromatic rings. The molecule has 5 rings (SSSR count). The molecular formula is C31H30N4O4S. The molecule has 0 aromatic heterocycles. The van der Waals surface area contributed by atoms with Crippen molar-refractivity contribution in [1.82, 2.24) is 5.01 Å². The molecule has 204 valence electrons. The topological polar surface area (TPSA) is 100 Å². The molecular weight excluding hydrogens is 524 g/mol. The van der Waals surface area contributed by atoms with E-state index in [9.17, 15) is 14.4 Å². The van der Waals surface area contributed by atoms with Crippen molar-refractivity contribution in [1.29, 1.82) is 0 Å². The van der Waals surface area contributed by atoms with Gasteiger partial charge < -0.3 is 10.1 Å². The molecule has 0 fully saturated rings. The van der Waals surface area contributed by atoms with Crippen molar-refractivity contribution < 1.29 is 19.1 Å². The van der Waals surface area contributed by atoms with E-state index < -0.39 is 11.2 Å². The molecule has 0 bridgehead atoms. The number of hydrogen-bond acceptors (Lipinski definition) is 7. The summed E-state index contributed by atoms with van der Waals surface area (Å²) in [6, 6.07) is 24.8. The van der Waals surface area contributed by atoms with Crippen LogP contribution in [0.4, 0.5) is 5.69 Å². The highest BCUT2D eigenvalue weighted by Gasteiger charge is 2.39. The summed E-state index contributed by atoms with van der Waals surface area (Å²) in [5, 5.41) is 9.38. The molecule has 0 spiro atoms. The number of ether oxygens (including phenoxy) is 1. The first-order valence-electron chi connectivity index (χ1n) is 13.3. The van der Waals surface area contributed by atoms with E-state index in [0.717, 1.165) is 23.3 Å². The number of hydrazone groups is 1. The Balaban J connectivity index is 1.28. The molecule has 2 amide bonds. The van der Waals surface area contributed by atoms with Crippen LogP contribution in [0, 0.1) is 0 Å². The van der Waals surface area contributed by atoms with E-state index in [2.05, 4.69) is 41.5 Å². The van der Waals surface area contributed by atoms with E-state index in [1.54, 1.807) is 31.2 Å². The molecule has 9 heteroatoms. The number of nitrogens with zero attached hydrogens (tertiary/aromatic N) is 3. The SMILES string of the molecule is CCOC(=O)c1ccc(NC(=O)C[C@@H]2SC(N3N=C(c4ccccc4)C[C@H]3c3ccc(CC)cc3)=NC2=O)cc1. The number of benzene rings is 3. The first-order chi connectivity index (χ1) is 19.4. The molecule has 0 saturated carbocycles. The molecule has 1 N–H and O–H groups in total. The number of aliphatic imine (C=N–C) groups is 1. The number of thioether (sulfide) groups is 1.